The average molecular weight is 256 g/mol. The van der Waals surface area contributed by atoms with E-state index in [1.54, 1.807) is 0 Å². The molecular weight excluding hydrogens is 243 g/mol. The van der Waals surface area contributed by atoms with E-state index in [1.807, 2.05) is 36.4 Å². The van der Waals surface area contributed by atoms with Gasteiger partial charge in [-0.25, -0.2) is 4.39 Å². The van der Waals surface area contributed by atoms with Crippen molar-refractivity contribution < 1.29 is 9.50 Å². The number of nitriles is 1. The molecule has 0 aliphatic heterocycles. The van der Waals surface area contributed by atoms with Crippen LogP contribution in [0.3, 0.4) is 0 Å². The third-order valence-corrected chi connectivity index (χ3v) is 2.81. The highest BCUT2D eigenvalue weighted by atomic mass is 19.1. The molecule has 0 spiro atoms. The molecule has 2 rings (SSSR count). The second-order valence-corrected chi connectivity index (χ2v) is 4.10. The molecule has 0 fully saturated rings. The molecule has 2 aromatic carbocycles. The normalized spacial score (nSPS) is 11.6. The van der Waals surface area contributed by atoms with Crippen LogP contribution in [0, 0.1) is 17.1 Å². The zero-order valence-corrected chi connectivity index (χ0v) is 10.2. The van der Waals surface area contributed by atoms with E-state index in [4.69, 9.17) is 5.26 Å². The molecule has 2 aromatic rings. The number of nitrogens with one attached hydrogen (secondary N) is 1. The van der Waals surface area contributed by atoms with Crippen LogP contribution in [0.4, 0.5) is 10.1 Å². The molecule has 4 heteroatoms. The molecular formula is C15H13FN2O. The monoisotopic (exact) mass is 256 g/mol. The molecule has 2 N–H and O–H groups in total. The maximum absolute atomic E-state index is 13.8. The molecule has 3 nitrogen and oxygen atoms in total. The molecule has 96 valence electrons. The Bertz CT molecular complexity index is 593. The highest BCUT2D eigenvalue weighted by molar-refractivity contribution is 5.50. The SMILES string of the molecule is N#Cc1ccc(NC(CO)c2ccccc2)c(F)c1. The summed E-state index contributed by atoms with van der Waals surface area (Å²) in [7, 11) is 0. The summed E-state index contributed by atoms with van der Waals surface area (Å²) in [6, 6.07) is 15.0. The van der Waals surface area contributed by atoms with Crippen molar-refractivity contribution in [1.82, 2.24) is 0 Å². The van der Waals surface area contributed by atoms with E-state index < -0.39 is 5.82 Å². The van der Waals surface area contributed by atoms with Gasteiger partial charge in [0.1, 0.15) is 5.82 Å². The summed E-state index contributed by atoms with van der Waals surface area (Å²) in [5.41, 5.74) is 1.40. The van der Waals surface area contributed by atoms with Crippen LogP contribution in [0.15, 0.2) is 48.5 Å². The zero-order chi connectivity index (χ0) is 13.7. The molecule has 0 heterocycles. The molecule has 0 aliphatic carbocycles. The lowest BCUT2D eigenvalue weighted by Crippen LogP contribution is -2.15. The predicted molar refractivity (Wildman–Crippen MR) is 71.0 cm³/mol. The number of benzene rings is 2. The topological polar surface area (TPSA) is 56.0 Å². The van der Waals surface area contributed by atoms with Crippen LogP contribution in [0.25, 0.3) is 0 Å². The fraction of sp³-hybridized carbons (Fsp3) is 0.133. The van der Waals surface area contributed by atoms with Crippen molar-refractivity contribution in [3.63, 3.8) is 0 Å². The van der Waals surface area contributed by atoms with Gasteiger partial charge in [-0.3, -0.25) is 0 Å². The maximum atomic E-state index is 13.8. The van der Waals surface area contributed by atoms with Gasteiger partial charge in [0.25, 0.3) is 0 Å². The van der Waals surface area contributed by atoms with Crippen LogP contribution in [0.5, 0.6) is 0 Å². The quantitative estimate of drug-likeness (QED) is 0.884. The van der Waals surface area contributed by atoms with E-state index in [-0.39, 0.29) is 23.9 Å². The van der Waals surface area contributed by atoms with Gasteiger partial charge >= 0.3 is 0 Å². The van der Waals surface area contributed by atoms with Crippen molar-refractivity contribution in [3.8, 4) is 6.07 Å². The Morgan fingerprint density at radius 2 is 1.95 bits per heavy atom. The summed E-state index contributed by atoms with van der Waals surface area (Å²) in [6.07, 6.45) is 0. The summed E-state index contributed by atoms with van der Waals surface area (Å²) >= 11 is 0. The number of anilines is 1. The smallest absolute Gasteiger partial charge is 0.147 e. The Hall–Kier alpha value is -2.38. The zero-order valence-electron chi connectivity index (χ0n) is 10.2. The predicted octanol–water partition coefficient (Wildman–Crippen LogP) is 2.84. The van der Waals surface area contributed by atoms with E-state index in [9.17, 15) is 9.50 Å². The first-order chi connectivity index (χ1) is 9.24. The molecule has 19 heavy (non-hydrogen) atoms. The Kier molecular flexibility index (Phi) is 4.11. The van der Waals surface area contributed by atoms with Crippen LogP contribution in [0.2, 0.25) is 0 Å². The number of hydrogen-bond donors (Lipinski definition) is 2. The van der Waals surface area contributed by atoms with Gasteiger partial charge in [0.2, 0.25) is 0 Å². The lowest BCUT2D eigenvalue weighted by atomic mass is 10.1. The fourth-order valence-corrected chi connectivity index (χ4v) is 1.81. The summed E-state index contributed by atoms with van der Waals surface area (Å²) in [6.45, 7) is -0.149. The van der Waals surface area contributed by atoms with Gasteiger partial charge in [0.15, 0.2) is 0 Å². The third kappa shape index (κ3) is 3.09. The lowest BCUT2D eigenvalue weighted by Gasteiger charge is -2.18. The highest BCUT2D eigenvalue weighted by Gasteiger charge is 2.12. The minimum Gasteiger partial charge on any atom is -0.394 e. The third-order valence-electron chi connectivity index (χ3n) is 2.81. The second kappa shape index (κ2) is 5.98. The summed E-state index contributed by atoms with van der Waals surface area (Å²) in [5.74, 6) is -0.506. The molecule has 0 saturated carbocycles. The van der Waals surface area contributed by atoms with E-state index in [0.717, 1.165) is 5.56 Å². The Balaban J connectivity index is 2.22. The van der Waals surface area contributed by atoms with E-state index in [1.165, 1.54) is 18.2 Å². The first kappa shape index (κ1) is 13.1. The van der Waals surface area contributed by atoms with Gasteiger partial charge in [0, 0.05) is 0 Å². The van der Waals surface area contributed by atoms with Crippen LogP contribution < -0.4 is 5.32 Å². The number of hydrogen-bond acceptors (Lipinski definition) is 3. The highest BCUT2D eigenvalue weighted by Crippen LogP contribution is 2.22. The Morgan fingerprint density at radius 1 is 1.21 bits per heavy atom. The summed E-state index contributed by atoms with van der Waals surface area (Å²) in [4.78, 5) is 0. The Morgan fingerprint density at radius 3 is 2.53 bits per heavy atom. The number of halogens is 1. The number of rotatable bonds is 4. The van der Waals surface area contributed by atoms with Gasteiger partial charge in [-0.1, -0.05) is 30.3 Å². The number of aliphatic hydroxyl groups excluding tert-OH is 1. The van der Waals surface area contributed by atoms with E-state index in [0.29, 0.717) is 0 Å². The second-order valence-electron chi connectivity index (χ2n) is 4.10. The van der Waals surface area contributed by atoms with Crippen LogP contribution in [0.1, 0.15) is 17.2 Å². The van der Waals surface area contributed by atoms with Gasteiger partial charge in [0.05, 0.1) is 30.0 Å². The van der Waals surface area contributed by atoms with Crippen molar-refractivity contribution in [3.05, 3.63) is 65.5 Å². The van der Waals surface area contributed by atoms with Gasteiger partial charge in [-0.05, 0) is 23.8 Å². The minimum absolute atomic E-state index is 0.149. The summed E-state index contributed by atoms with van der Waals surface area (Å²) < 4.78 is 13.8. The number of aliphatic hydroxyl groups is 1. The van der Waals surface area contributed by atoms with Crippen molar-refractivity contribution in [2.24, 2.45) is 0 Å². The van der Waals surface area contributed by atoms with Crippen LogP contribution in [-0.2, 0) is 0 Å². The molecule has 1 unspecified atom stereocenters. The molecule has 0 saturated heterocycles. The number of nitrogens with zero attached hydrogens (tertiary/aromatic N) is 1. The van der Waals surface area contributed by atoms with Crippen molar-refractivity contribution in [2.45, 2.75) is 6.04 Å². The Labute approximate surface area is 110 Å². The van der Waals surface area contributed by atoms with Crippen molar-refractivity contribution in [1.29, 1.82) is 5.26 Å². The molecule has 0 aromatic heterocycles. The standard InChI is InChI=1S/C15H13FN2O/c16-13-8-11(9-17)6-7-14(13)18-15(10-19)12-4-2-1-3-5-12/h1-8,15,18-19H,10H2. The van der Waals surface area contributed by atoms with E-state index >= 15 is 0 Å². The largest absolute Gasteiger partial charge is 0.394 e. The minimum atomic E-state index is -0.506. The fourth-order valence-electron chi connectivity index (χ4n) is 1.81. The van der Waals surface area contributed by atoms with Crippen LogP contribution >= 0.6 is 0 Å². The first-order valence-corrected chi connectivity index (χ1v) is 5.86. The van der Waals surface area contributed by atoms with Gasteiger partial charge in [-0.2, -0.15) is 5.26 Å². The maximum Gasteiger partial charge on any atom is 0.147 e. The van der Waals surface area contributed by atoms with Crippen LogP contribution in [-0.4, -0.2) is 11.7 Å². The van der Waals surface area contributed by atoms with Crippen molar-refractivity contribution in [2.75, 3.05) is 11.9 Å². The van der Waals surface area contributed by atoms with Crippen molar-refractivity contribution >= 4 is 5.69 Å². The van der Waals surface area contributed by atoms with E-state index in [2.05, 4.69) is 5.32 Å². The molecule has 0 aliphatic rings. The van der Waals surface area contributed by atoms with Gasteiger partial charge in [-0.15, -0.1) is 0 Å². The molecule has 0 radical (unpaired) electrons. The average Bonchev–Trinajstić information content (AvgIpc) is 2.47. The summed E-state index contributed by atoms with van der Waals surface area (Å²) in [5, 5.41) is 21.0. The molecule has 0 bridgehead atoms. The molecule has 1 atom stereocenters. The first-order valence-electron chi connectivity index (χ1n) is 5.86. The lowest BCUT2D eigenvalue weighted by molar-refractivity contribution is 0.276. The molecule has 0 amide bonds. The van der Waals surface area contributed by atoms with Gasteiger partial charge < -0.3 is 10.4 Å².